The van der Waals surface area contributed by atoms with Gasteiger partial charge in [0, 0.05) is 44.9 Å². The van der Waals surface area contributed by atoms with Gasteiger partial charge in [0.15, 0.2) is 0 Å². The molecule has 0 spiro atoms. The Balaban J connectivity index is 1.84. The molecule has 1 fully saturated rings. The van der Waals surface area contributed by atoms with Gasteiger partial charge in [0.05, 0.1) is 0 Å². The summed E-state index contributed by atoms with van der Waals surface area (Å²) >= 11 is 0. The lowest BCUT2D eigenvalue weighted by molar-refractivity contribution is 0.0811. The van der Waals surface area contributed by atoms with Gasteiger partial charge in [-0.25, -0.2) is 0 Å². The second-order valence-corrected chi connectivity index (χ2v) is 5.11. The monoisotopic (exact) mass is 221 g/mol. The molecule has 0 aromatic carbocycles. The minimum absolute atomic E-state index is 0.401. The fraction of sp³-hybridized carbons (Fsp3) is 0.769. The Morgan fingerprint density at radius 2 is 1.94 bits per heavy atom. The summed E-state index contributed by atoms with van der Waals surface area (Å²) in [5, 5.41) is 0. The van der Waals surface area contributed by atoms with E-state index >= 15 is 0 Å². The van der Waals surface area contributed by atoms with E-state index in [9.17, 15) is 0 Å². The molecule has 16 heavy (non-hydrogen) atoms. The predicted octanol–water partition coefficient (Wildman–Crippen LogP) is 1.76. The number of piperazine rings is 1. The number of rotatable bonds is 2. The Morgan fingerprint density at radius 1 is 1.25 bits per heavy atom. The second-order valence-electron chi connectivity index (χ2n) is 5.11. The maximum atomic E-state index is 4.62. The fourth-order valence-corrected chi connectivity index (χ4v) is 2.40. The molecule has 0 aromatic rings. The van der Waals surface area contributed by atoms with Crippen LogP contribution in [-0.4, -0.2) is 54.4 Å². The highest BCUT2D eigenvalue weighted by atomic mass is 15.3. The van der Waals surface area contributed by atoms with Gasteiger partial charge in [-0.05, 0) is 26.3 Å². The molecule has 1 saturated heterocycles. The van der Waals surface area contributed by atoms with E-state index in [0.717, 1.165) is 19.5 Å². The summed E-state index contributed by atoms with van der Waals surface area (Å²) in [6.45, 7) is 11.4. The van der Waals surface area contributed by atoms with Gasteiger partial charge in [-0.2, -0.15) is 0 Å². The van der Waals surface area contributed by atoms with E-state index in [2.05, 4.69) is 41.6 Å². The molecule has 90 valence electrons. The molecule has 1 atom stereocenters. The van der Waals surface area contributed by atoms with Crippen LogP contribution in [0.15, 0.2) is 16.6 Å². The lowest BCUT2D eigenvalue weighted by Gasteiger charge is -2.39. The van der Waals surface area contributed by atoms with Crippen LogP contribution in [0, 0.1) is 0 Å². The first-order valence-corrected chi connectivity index (χ1v) is 6.35. The van der Waals surface area contributed by atoms with Crippen LogP contribution in [0.1, 0.15) is 27.2 Å². The molecule has 2 aliphatic heterocycles. The normalized spacial score (nSPS) is 28.5. The molecule has 0 N–H and O–H groups in total. The number of dihydropyridines is 1. The van der Waals surface area contributed by atoms with E-state index < -0.39 is 0 Å². The van der Waals surface area contributed by atoms with Gasteiger partial charge in [-0.3, -0.25) is 14.8 Å². The van der Waals surface area contributed by atoms with Gasteiger partial charge in [0.2, 0.25) is 0 Å². The Bertz CT molecular complexity index is 286. The van der Waals surface area contributed by atoms with Gasteiger partial charge in [-0.15, -0.1) is 0 Å². The van der Waals surface area contributed by atoms with Crippen LogP contribution in [0.25, 0.3) is 0 Å². The van der Waals surface area contributed by atoms with Crippen molar-refractivity contribution in [2.24, 2.45) is 4.99 Å². The van der Waals surface area contributed by atoms with E-state index in [1.165, 1.54) is 18.7 Å². The molecule has 0 amide bonds. The van der Waals surface area contributed by atoms with Crippen molar-refractivity contribution in [1.29, 1.82) is 0 Å². The van der Waals surface area contributed by atoms with Gasteiger partial charge in [0.1, 0.15) is 6.17 Å². The molecule has 2 aliphatic rings. The zero-order valence-corrected chi connectivity index (χ0v) is 10.7. The first-order chi connectivity index (χ1) is 7.66. The van der Waals surface area contributed by atoms with Crippen LogP contribution in [0.4, 0.5) is 0 Å². The number of allylic oxidation sites excluding steroid dienone is 1. The Kier molecular flexibility index (Phi) is 3.77. The van der Waals surface area contributed by atoms with E-state index in [0.29, 0.717) is 12.2 Å². The quantitative estimate of drug-likeness (QED) is 0.707. The van der Waals surface area contributed by atoms with E-state index in [4.69, 9.17) is 0 Å². The summed E-state index contributed by atoms with van der Waals surface area (Å²) in [7, 11) is 0. The molecule has 2 rings (SSSR count). The summed E-state index contributed by atoms with van der Waals surface area (Å²) in [5.41, 5.74) is 1.30. The third kappa shape index (κ3) is 2.71. The largest absolute Gasteiger partial charge is 0.298 e. The minimum Gasteiger partial charge on any atom is -0.298 e. The third-order valence-electron chi connectivity index (χ3n) is 3.60. The fourth-order valence-electron chi connectivity index (χ4n) is 2.40. The summed E-state index contributed by atoms with van der Waals surface area (Å²) in [6, 6.07) is 0.680. The lowest BCUT2D eigenvalue weighted by Crippen LogP contribution is -2.51. The number of aliphatic imine (C=N–C) groups is 1. The highest BCUT2D eigenvalue weighted by Gasteiger charge is 2.24. The van der Waals surface area contributed by atoms with E-state index in [1.54, 1.807) is 0 Å². The maximum Gasteiger partial charge on any atom is 0.105 e. The van der Waals surface area contributed by atoms with Crippen molar-refractivity contribution in [3.8, 4) is 0 Å². The zero-order chi connectivity index (χ0) is 11.5. The molecule has 3 nitrogen and oxygen atoms in total. The first kappa shape index (κ1) is 11.8. The van der Waals surface area contributed by atoms with Crippen LogP contribution in [-0.2, 0) is 0 Å². The van der Waals surface area contributed by atoms with Crippen molar-refractivity contribution in [2.45, 2.75) is 39.4 Å². The van der Waals surface area contributed by atoms with Gasteiger partial charge in [-0.1, -0.05) is 6.08 Å². The molecule has 1 unspecified atom stereocenters. The number of hydrogen-bond donors (Lipinski definition) is 0. The standard InChI is InChI=1S/C13H23N3/c1-11(2)15-6-8-16(9-7-15)13-5-4-12(3)10-14-13/h4,10-11,13H,5-9H2,1-3H3. The molecule has 2 heterocycles. The lowest BCUT2D eigenvalue weighted by atomic mass is 10.1. The molecular formula is C13H23N3. The van der Waals surface area contributed by atoms with E-state index in [1.807, 2.05) is 6.21 Å². The van der Waals surface area contributed by atoms with Crippen LogP contribution >= 0.6 is 0 Å². The van der Waals surface area contributed by atoms with Crippen molar-refractivity contribution in [3.63, 3.8) is 0 Å². The average Bonchev–Trinajstić information content (AvgIpc) is 2.30. The van der Waals surface area contributed by atoms with Crippen molar-refractivity contribution < 1.29 is 0 Å². The van der Waals surface area contributed by atoms with Gasteiger partial charge < -0.3 is 0 Å². The zero-order valence-electron chi connectivity index (χ0n) is 10.7. The summed E-state index contributed by atoms with van der Waals surface area (Å²) in [5.74, 6) is 0. The Hall–Kier alpha value is -0.670. The molecule has 3 heteroatoms. The molecule has 0 bridgehead atoms. The molecule has 0 aliphatic carbocycles. The van der Waals surface area contributed by atoms with Crippen molar-refractivity contribution >= 4 is 6.21 Å². The number of hydrogen-bond acceptors (Lipinski definition) is 3. The maximum absolute atomic E-state index is 4.62. The molecule has 0 aromatic heterocycles. The highest BCUT2D eigenvalue weighted by molar-refractivity contribution is 5.78. The van der Waals surface area contributed by atoms with Crippen molar-refractivity contribution in [2.75, 3.05) is 26.2 Å². The Labute approximate surface area is 98.8 Å². The van der Waals surface area contributed by atoms with Gasteiger partial charge in [0.25, 0.3) is 0 Å². The second kappa shape index (κ2) is 5.11. The number of nitrogens with zero attached hydrogens (tertiary/aromatic N) is 3. The predicted molar refractivity (Wildman–Crippen MR) is 68.9 cm³/mol. The summed E-state index contributed by atoms with van der Waals surface area (Å²) in [4.78, 5) is 9.68. The minimum atomic E-state index is 0.401. The van der Waals surface area contributed by atoms with Crippen LogP contribution in [0.2, 0.25) is 0 Å². The topological polar surface area (TPSA) is 18.8 Å². The smallest absolute Gasteiger partial charge is 0.105 e. The van der Waals surface area contributed by atoms with Gasteiger partial charge >= 0.3 is 0 Å². The Morgan fingerprint density at radius 3 is 2.44 bits per heavy atom. The van der Waals surface area contributed by atoms with E-state index in [-0.39, 0.29) is 0 Å². The molecule has 0 radical (unpaired) electrons. The average molecular weight is 221 g/mol. The third-order valence-corrected chi connectivity index (χ3v) is 3.60. The SMILES string of the molecule is CC1=CCC(N2CCN(C(C)C)CC2)N=C1. The first-order valence-electron chi connectivity index (χ1n) is 6.35. The summed E-state index contributed by atoms with van der Waals surface area (Å²) < 4.78 is 0. The van der Waals surface area contributed by atoms with Crippen LogP contribution < -0.4 is 0 Å². The molecule has 0 saturated carbocycles. The van der Waals surface area contributed by atoms with Crippen LogP contribution in [0.3, 0.4) is 0 Å². The molecular weight excluding hydrogens is 198 g/mol. The summed E-state index contributed by atoms with van der Waals surface area (Å²) in [6.07, 6.45) is 5.80. The van der Waals surface area contributed by atoms with Crippen molar-refractivity contribution in [3.05, 3.63) is 11.6 Å². The highest BCUT2D eigenvalue weighted by Crippen LogP contribution is 2.16. The van der Waals surface area contributed by atoms with Crippen LogP contribution in [0.5, 0.6) is 0 Å². The van der Waals surface area contributed by atoms with Crippen molar-refractivity contribution in [1.82, 2.24) is 9.80 Å².